The first-order valence-corrected chi connectivity index (χ1v) is 10.5. The lowest BCUT2D eigenvalue weighted by Crippen LogP contribution is -2.36. The fourth-order valence-corrected chi connectivity index (χ4v) is 3.97. The lowest BCUT2D eigenvalue weighted by Gasteiger charge is -2.28. The molecule has 4 rings (SSSR count). The summed E-state index contributed by atoms with van der Waals surface area (Å²) in [6.07, 6.45) is 7.61. The van der Waals surface area contributed by atoms with Crippen LogP contribution in [0.2, 0.25) is 0 Å². The Labute approximate surface area is 177 Å². The lowest BCUT2D eigenvalue weighted by molar-refractivity contribution is 0.0703. The summed E-state index contributed by atoms with van der Waals surface area (Å²) >= 11 is 0. The smallest absolute Gasteiger partial charge is 0.274 e. The molecule has 30 heavy (non-hydrogen) atoms. The first-order chi connectivity index (χ1) is 14.5. The van der Waals surface area contributed by atoms with Crippen LogP contribution >= 0.6 is 0 Å². The zero-order chi connectivity index (χ0) is 21.1. The second-order valence-corrected chi connectivity index (χ2v) is 8.06. The van der Waals surface area contributed by atoms with Crippen LogP contribution in [0.5, 0.6) is 0 Å². The van der Waals surface area contributed by atoms with E-state index < -0.39 is 0 Å². The molecular weight excluding hydrogens is 376 g/mol. The number of nitrogens with zero attached hydrogens (tertiary/aromatic N) is 4. The van der Waals surface area contributed by atoms with Gasteiger partial charge in [-0.25, -0.2) is 0 Å². The third kappa shape index (κ3) is 4.22. The van der Waals surface area contributed by atoms with Crippen molar-refractivity contribution in [1.29, 1.82) is 0 Å². The van der Waals surface area contributed by atoms with E-state index in [0.717, 1.165) is 47.5 Å². The van der Waals surface area contributed by atoms with Crippen LogP contribution in [0.25, 0.3) is 11.3 Å². The number of amides is 1. The molecule has 0 N–H and O–H groups in total. The predicted octanol–water partition coefficient (Wildman–Crippen LogP) is 4.69. The van der Waals surface area contributed by atoms with Gasteiger partial charge >= 0.3 is 0 Å². The van der Waals surface area contributed by atoms with Crippen molar-refractivity contribution in [2.75, 3.05) is 6.54 Å². The first kappa shape index (κ1) is 20.1. The molecule has 3 aromatic rings. The normalized spacial score (nSPS) is 16.0. The topological polar surface area (TPSA) is 64.2 Å². The maximum atomic E-state index is 13.5. The Kier molecular flexibility index (Phi) is 5.84. The first-order valence-electron chi connectivity index (χ1n) is 10.5. The summed E-state index contributed by atoms with van der Waals surface area (Å²) < 4.78 is 7.28. The van der Waals surface area contributed by atoms with E-state index in [1.807, 2.05) is 62.2 Å². The highest BCUT2D eigenvalue weighted by molar-refractivity contribution is 5.92. The Bertz CT molecular complexity index is 1030. The van der Waals surface area contributed by atoms with Gasteiger partial charge in [-0.1, -0.05) is 47.6 Å². The van der Waals surface area contributed by atoms with Crippen LogP contribution in [0.15, 0.2) is 53.1 Å². The predicted molar refractivity (Wildman–Crippen MR) is 116 cm³/mol. The van der Waals surface area contributed by atoms with Crippen LogP contribution in [-0.4, -0.2) is 32.3 Å². The third-order valence-electron chi connectivity index (χ3n) is 5.86. The van der Waals surface area contributed by atoms with Crippen LogP contribution in [0, 0.1) is 19.8 Å². The molecule has 0 radical (unpaired) electrons. The van der Waals surface area contributed by atoms with Gasteiger partial charge in [-0.2, -0.15) is 5.10 Å². The van der Waals surface area contributed by atoms with Gasteiger partial charge in [-0.15, -0.1) is 0 Å². The largest absolute Gasteiger partial charge is 0.361 e. The molecule has 1 aliphatic carbocycles. The van der Waals surface area contributed by atoms with E-state index in [2.05, 4.69) is 22.4 Å². The average molecular weight is 405 g/mol. The fourth-order valence-electron chi connectivity index (χ4n) is 3.97. The van der Waals surface area contributed by atoms with Gasteiger partial charge in [0.25, 0.3) is 5.91 Å². The number of allylic oxidation sites excluding steroid dienone is 2. The van der Waals surface area contributed by atoms with E-state index in [4.69, 9.17) is 4.52 Å². The average Bonchev–Trinajstić information content (AvgIpc) is 3.30. The number of hydrogen-bond acceptors (Lipinski definition) is 4. The summed E-state index contributed by atoms with van der Waals surface area (Å²) in [5.74, 6) is 1.14. The van der Waals surface area contributed by atoms with Gasteiger partial charge in [0.05, 0.1) is 6.54 Å². The third-order valence-corrected chi connectivity index (χ3v) is 5.86. The number of benzene rings is 1. The fraction of sp³-hybridized carbons (Fsp3) is 0.375. The zero-order valence-electron chi connectivity index (χ0n) is 17.8. The number of aromatic nitrogens is 3. The van der Waals surface area contributed by atoms with Gasteiger partial charge in [-0.05, 0) is 45.1 Å². The Balaban J connectivity index is 1.65. The summed E-state index contributed by atoms with van der Waals surface area (Å²) in [5, 5.41) is 8.72. The molecule has 0 aliphatic heterocycles. The van der Waals surface area contributed by atoms with Crippen LogP contribution in [0.3, 0.4) is 0 Å². The quantitative estimate of drug-likeness (QED) is 0.559. The monoisotopic (exact) mass is 404 g/mol. The van der Waals surface area contributed by atoms with Gasteiger partial charge in [-0.3, -0.25) is 9.48 Å². The molecule has 1 amide bonds. The summed E-state index contributed by atoms with van der Waals surface area (Å²) in [5.41, 5.74) is 4.19. The van der Waals surface area contributed by atoms with Gasteiger partial charge < -0.3 is 9.42 Å². The van der Waals surface area contributed by atoms with Crippen molar-refractivity contribution in [3.05, 3.63) is 71.3 Å². The Morgan fingerprint density at radius 1 is 1.23 bits per heavy atom. The maximum absolute atomic E-state index is 13.5. The van der Waals surface area contributed by atoms with E-state index in [9.17, 15) is 4.79 Å². The molecule has 0 fully saturated rings. The highest BCUT2D eigenvalue weighted by Gasteiger charge is 2.26. The van der Waals surface area contributed by atoms with E-state index in [1.165, 1.54) is 0 Å². The van der Waals surface area contributed by atoms with E-state index >= 15 is 0 Å². The molecule has 2 aromatic heterocycles. The van der Waals surface area contributed by atoms with Crippen molar-refractivity contribution in [2.45, 2.75) is 39.7 Å². The molecule has 1 aromatic carbocycles. The molecule has 1 atom stereocenters. The highest BCUT2D eigenvalue weighted by Crippen LogP contribution is 2.28. The van der Waals surface area contributed by atoms with Crippen LogP contribution in [-0.2, 0) is 13.6 Å². The standard InChI is InChI=1S/C24H28N4O2/c1-17-14-22(25-27(17)3)24(29)28(15-19-10-6-4-7-11-19)16-21-18(2)30-26-23(21)20-12-8-5-9-13-20/h4-6,8-9,12-14,19H,7,10-11,15-16H2,1-3H3/t19-/m0/s1. The Morgan fingerprint density at radius 2 is 2.03 bits per heavy atom. The minimum Gasteiger partial charge on any atom is -0.361 e. The molecular formula is C24H28N4O2. The maximum Gasteiger partial charge on any atom is 0.274 e. The minimum atomic E-state index is -0.0483. The van der Waals surface area contributed by atoms with Crippen LogP contribution in [0.4, 0.5) is 0 Å². The SMILES string of the molecule is Cc1onc(-c2ccccc2)c1CN(C[C@H]1CC=CCC1)C(=O)c1cc(C)n(C)n1. The van der Waals surface area contributed by atoms with Crippen molar-refractivity contribution < 1.29 is 9.32 Å². The highest BCUT2D eigenvalue weighted by atomic mass is 16.5. The summed E-state index contributed by atoms with van der Waals surface area (Å²) in [4.78, 5) is 15.4. The van der Waals surface area contributed by atoms with Crippen LogP contribution in [0.1, 0.15) is 46.8 Å². The second kappa shape index (κ2) is 8.69. The van der Waals surface area contributed by atoms with Gasteiger partial charge in [0.15, 0.2) is 5.69 Å². The zero-order valence-corrected chi connectivity index (χ0v) is 17.8. The van der Waals surface area contributed by atoms with Gasteiger partial charge in [0.1, 0.15) is 11.5 Å². The van der Waals surface area contributed by atoms with Crippen molar-refractivity contribution in [1.82, 2.24) is 19.8 Å². The summed E-state index contributed by atoms with van der Waals surface area (Å²) in [6.45, 7) is 5.01. The number of rotatable bonds is 6. The van der Waals surface area contributed by atoms with Crippen molar-refractivity contribution in [3.8, 4) is 11.3 Å². The van der Waals surface area contributed by atoms with Crippen LogP contribution < -0.4 is 0 Å². The second-order valence-electron chi connectivity index (χ2n) is 8.06. The lowest BCUT2D eigenvalue weighted by atomic mass is 9.93. The molecule has 6 nitrogen and oxygen atoms in total. The molecule has 0 spiro atoms. The molecule has 2 heterocycles. The minimum absolute atomic E-state index is 0.0483. The molecule has 0 saturated heterocycles. The van der Waals surface area contributed by atoms with Crippen molar-refractivity contribution >= 4 is 5.91 Å². The molecule has 0 saturated carbocycles. The van der Waals surface area contributed by atoms with Crippen molar-refractivity contribution in [3.63, 3.8) is 0 Å². The number of hydrogen-bond donors (Lipinski definition) is 0. The Morgan fingerprint density at radius 3 is 2.70 bits per heavy atom. The van der Waals surface area contributed by atoms with E-state index in [0.29, 0.717) is 24.7 Å². The van der Waals surface area contributed by atoms with E-state index in [1.54, 1.807) is 4.68 Å². The van der Waals surface area contributed by atoms with E-state index in [-0.39, 0.29) is 5.91 Å². The Hall–Kier alpha value is -3.15. The molecule has 156 valence electrons. The van der Waals surface area contributed by atoms with Gasteiger partial charge in [0.2, 0.25) is 0 Å². The van der Waals surface area contributed by atoms with Gasteiger partial charge in [0, 0.05) is 30.4 Å². The molecule has 1 aliphatic rings. The summed E-state index contributed by atoms with van der Waals surface area (Å²) in [6, 6.07) is 11.8. The number of carbonyl (C=O) groups excluding carboxylic acids is 1. The molecule has 0 bridgehead atoms. The number of aryl methyl sites for hydroxylation is 3. The van der Waals surface area contributed by atoms with Crippen molar-refractivity contribution in [2.24, 2.45) is 13.0 Å². The molecule has 0 unspecified atom stereocenters. The summed E-state index contributed by atoms with van der Waals surface area (Å²) in [7, 11) is 1.86. The molecule has 6 heteroatoms. The number of carbonyl (C=O) groups is 1.